The third-order valence-corrected chi connectivity index (χ3v) is 4.44. The zero-order valence-corrected chi connectivity index (χ0v) is 13.0. The van der Waals surface area contributed by atoms with E-state index in [1.54, 1.807) is 16.2 Å². The Kier molecular flexibility index (Phi) is 4.34. The van der Waals surface area contributed by atoms with Gasteiger partial charge in [0.1, 0.15) is 16.5 Å². The Hall–Kier alpha value is -1.54. The van der Waals surface area contributed by atoms with Crippen molar-refractivity contribution in [2.75, 3.05) is 13.1 Å². The highest BCUT2D eigenvalue weighted by molar-refractivity contribution is 7.12. The molecule has 1 aromatic rings. The molecule has 0 N–H and O–H groups in total. The normalized spacial score (nSPS) is 16.8. The molecule has 5 heteroatoms. The third kappa shape index (κ3) is 3.73. The van der Waals surface area contributed by atoms with Crippen LogP contribution in [0.5, 0.6) is 0 Å². The highest BCUT2D eigenvalue weighted by Gasteiger charge is 2.27. The first-order valence-electron chi connectivity index (χ1n) is 6.87. The lowest BCUT2D eigenvalue weighted by Crippen LogP contribution is -2.41. The maximum atomic E-state index is 12.0. The smallest absolute Gasteiger partial charge is 0.410 e. The fourth-order valence-corrected chi connectivity index (χ4v) is 3.28. The summed E-state index contributed by atoms with van der Waals surface area (Å²) in [5, 5.41) is 8.86. The average molecular weight is 292 g/mol. The van der Waals surface area contributed by atoms with Gasteiger partial charge in [0.15, 0.2) is 0 Å². The molecule has 0 bridgehead atoms. The second kappa shape index (κ2) is 5.84. The molecule has 0 saturated carbocycles. The summed E-state index contributed by atoms with van der Waals surface area (Å²) in [5.74, 6) is 0.459. The fourth-order valence-electron chi connectivity index (χ4n) is 2.31. The molecule has 108 valence electrons. The molecule has 0 unspecified atom stereocenters. The van der Waals surface area contributed by atoms with Crippen molar-refractivity contribution in [1.29, 1.82) is 5.26 Å². The molecule has 0 radical (unpaired) electrons. The van der Waals surface area contributed by atoms with E-state index in [4.69, 9.17) is 10.00 Å². The van der Waals surface area contributed by atoms with Crippen molar-refractivity contribution in [3.63, 3.8) is 0 Å². The van der Waals surface area contributed by atoms with Gasteiger partial charge in [-0.1, -0.05) is 0 Å². The summed E-state index contributed by atoms with van der Waals surface area (Å²) in [4.78, 5) is 15.8. The van der Waals surface area contributed by atoms with Gasteiger partial charge in [-0.3, -0.25) is 0 Å². The Morgan fingerprint density at radius 2 is 2.05 bits per heavy atom. The Morgan fingerprint density at radius 1 is 1.40 bits per heavy atom. The molecule has 0 atom stereocenters. The monoisotopic (exact) mass is 292 g/mol. The van der Waals surface area contributed by atoms with Gasteiger partial charge in [0.2, 0.25) is 0 Å². The molecule has 1 amide bonds. The summed E-state index contributed by atoms with van der Waals surface area (Å²) in [6.07, 6.45) is 1.65. The van der Waals surface area contributed by atoms with Crippen LogP contribution in [0, 0.1) is 11.3 Å². The maximum absolute atomic E-state index is 12.0. The molecule has 1 saturated heterocycles. The van der Waals surface area contributed by atoms with Crippen LogP contribution in [0.4, 0.5) is 4.79 Å². The van der Waals surface area contributed by atoms with Crippen molar-refractivity contribution in [2.24, 2.45) is 0 Å². The molecule has 2 rings (SSSR count). The van der Waals surface area contributed by atoms with Crippen LogP contribution in [-0.4, -0.2) is 29.7 Å². The van der Waals surface area contributed by atoms with E-state index in [0.29, 0.717) is 5.92 Å². The number of amides is 1. The zero-order chi connectivity index (χ0) is 14.8. The lowest BCUT2D eigenvalue weighted by atomic mass is 9.95. The van der Waals surface area contributed by atoms with Crippen LogP contribution in [0.3, 0.4) is 0 Å². The number of rotatable bonds is 1. The van der Waals surface area contributed by atoms with Crippen LogP contribution in [0.1, 0.15) is 49.3 Å². The number of piperidine rings is 1. The molecule has 1 aromatic heterocycles. The quantitative estimate of drug-likeness (QED) is 0.792. The van der Waals surface area contributed by atoms with E-state index < -0.39 is 5.60 Å². The van der Waals surface area contributed by atoms with Crippen molar-refractivity contribution in [1.82, 2.24) is 4.90 Å². The predicted octanol–water partition coefficient (Wildman–Crippen LogP) is 3.73. The fraction of sp³-hybridized carbons (Fsp3) is 0.600. The molecule has 0 spiro atoms. The molecule has 4 nitrogen and oxygen atoms in total. The number of hydrogen-bond donors (Lipinski definition) is 0. The van der Waals surface area contributed by atoms with Crippen LogP contribution < -0.4 is 0 Å². The van der Waals surface area contributed by atoms with E-state index in [1.165, 1.54) is 4.88 Å². The largest absolute Gasteiger partial charge is 0.444 e. The lowest BCUT2D eigenvalue weighted by Gasteiger charge is -2.33. The Balaban J connectivity index is 1.89. The molecular formula is C15H20N2O2S. The van der Waals surface area contributed by atoms with Crippen LogP contribution in [0.2, 0.25) is 0 Å². The van der Waals surface area contributed by atoms with E-state index in [0.717, 1.165) is 30.8 Å². The highest BCUT2D eigenvalue weighted by atomic mass is 32.1. The molecule has 2 heterocycles. The summed E-state index contributed by atoms with van der Waals surface area (Å²) < 4.78 is 5.39. The van der Waals surface area contributed by atoms with Gasteiger partial charge in [-0.05, 0) is 51.7 Å². The van der Waals surface area contributed by atoms with Crippen molar-refractivity contribution in [3.05, 3.63) is 21.9 Å². The minimum Gasteiger partial charge on any atom is -0.444 e. The number of nitriles is 1. The van der Waals surface area contributed by atoms with E-state index in [2.05, 4.69) is 6.07 Å². The van der Waals surface area contributed by atoms with Crippen molar-refractivity contribution < 1.29 is 9.53 Å². The number of nitrogens with zero attached hydrogens (tertiary/aromatic N) is 2. The van der Waals surface area contributed by atoms with Crippen molar-refractivity contribution in [2.45, 2.75) is 45.1 Å². The molecule has 20 heavy (non-hydrogen) atoms. The van der Waals surface area contributed by atoms with E-state index in [1.807, 2.05) is 32.9 Å². The van der Waals surface area contributed by atoms with Gasteiger partial charge in [-0.25, -0.2) is 4.79 Å². The van der Waals surface area contributed by atoms with Gasteiger partial charge in [0.25, 0.3) is 0 Å². The summed E-state index contributed by atoms with van der Waals surface area (Å²) in [6.45, 7) is 7.09. The average Bonchev–Trinajstić information content (AvgIpc) is 2.85. The summed E-state index contributed by atoms with van der Waals surface area (Å²) in [7, 11) is 0. The van der Waals surface area contributed by atoms with Crippen LogP contribution in [0.25, 0.3) is 0 Å². The summed E-state index contributed by atoms with van der Waals surface area (Å²) >= 11 is 1.56. The van der Waals surface area contributed by atoms with Gasteiger partial charge in [0, 0.05) is 18.0 Å². The maximum Gasteiger partial charge on any atom is 0.410 e. The Morgan fingerprint density at radius 3 is 2.55 bits per heavy atom. The second-order valence-corrected chi connectivity index (χ2v) is 7.17. The number of thiophene rings is 1. The molecule has 1 aliphatic rings. The first-order valence-corrected chi connectivity index (χ1v) is 7.68. The Bertz CT molecular complexity index is 517. The first-order chi connectivity index (χ1) is 9.39. The van der Waals surface area contributed by atoms with Gasteiger partial charge < -0.3 is 9.64 Å². The lowest BCUT2D eigenvalue weighted by molar-refractivity contribution is 0.0205. The van der Waals surface area contributed by atoms with Crippen LogP contribution >= 0.6 is 11.3 Å². The highest BCUT2D eigenvalue weighted by Crippen LogP contribution is 2.33. The molecule has 0 aromatic carbocycles. The Labute approximate surface area is 124 Å². The minimum absolute atomic E-state index is 0.222. The topological polar surface area (TPSA) is 53.3 Å². The summed E-state index contributed by atoms with van der Waals surface area (Å²) in [6, 6.07) is 6.09. The van der Waals surface area contributed by atoms with E-state index in [9.17, 15) is 4.79 Å². The SMILES string of the molecule is CC(C)(C)OC(=O)N1CCC(c2ccc(C#N)s2)CC1. The number of ether oxygens (including phenoxy) is 1. The number of likely N-dealkylation sites (tertiary alicyclic amines) is 1. The number of carbonyl (C=O) groups is 1. The first kappa shape index (κ1) is 14.9. The van der Waals surface area contributed by atoms with Gasteiger partial charge in [0.05, 0.1) is 0 Å². The standard InChI is InChI=1S/C15H20N2O2S/c1-15(2,3)19-14(18)17-8-6-11(7-9-17)13-5-4-12(10-16)20-13/h4-5,11H,6-9H2,1-3H3. The van der Waals surface area contributed by atoms with Gasteiger partial charge >= 0.3 is 6.09 Å². The molecular weight excluding hydrogens is 272 g/mol. The number of hydrogen-bond acceptors (Lipinski definition) is 4. The van der Waals surface area contributed by atoms with Gasteiger partial charge in [-0.15, -0.1) is 11.3 Å². The van der Waals surface area contributed by atoms with Crippen molar-refractivity contribution in [3.8, 4) is 6.07 Å². The minimum atomic E-state index is -0.441. The molecule has 1 aliphatic heterocycles. The molecule has 0 aliphatic carbocycles. The van der Waals surface area contributed by atoms with E-state index in [-0.39, 0.29) is 6.09 Å². The molecule has 1 fully saturated rings. The number of carbonyl (C=O) groups excluding carboxylic acids is 1. The predicted molar refractivity (Wildman–Crippen MR) is 78.8 cm³/mol. The zero-order valence-electron chi connectivity index (χ0n) is 12.2. The second-order valence-electron chi connectivity index (χ2n) is 6.06. The summed E-state index contributed by atoms with van der Waals surface area (Å²) in [5.41, 5.74) is -0.441. The third-order valence-electron chi connectivity index (χ3n) is 3.29. The van der Waals surface area contributed by atoms with Crippen LogP contribution in [0.15, 0.2) is 12.1 Å². The van der Waals surface area contributed by atoms with E-state index >= 15 is 0 Å². The van der Waals surface area contributed by atoms with Gasteiger partial charge in [-0.2, -0.15) is 5.26 Å². The van der Waals surface area contributed by atoms with Crippen LogP contribution in [-0.2, 0) is 4.74 Å². The van der Waals surface area contributed by atoms with Crippen molar-refractivity contribution >= 4 is 17.4 Å².